The van der Waals surface area contributed by atoms with E-state index in [-0.39, 0.29) is 12.2 Å². The topological polar surface area (TPSA) is 81.4 Å². The lowest BCUT2D eigenvalue weighted by molar-refractivity contribution is -0.156. The number of aromatic nitrogens is 2. The molecule has 1 aromatic carbocycles. The highest BCUT2D eigenvalue weighted by atomic mass is 28.3. The predicted molar refractivity (Wildman–Crippen MR) is 122 cm³/mol. The maximum Gasteiger partial charge on any atom is 0.319 e. The quantitative estimate of drug-likeness (QED) is 0.396. The van der Waals surface area contributed by atoms with Crippen LogP contribution in [-0.4, -0.2) is 35.3 Å². The van der Waals surface area contributed by atoms with E-state index < -0.39 is 26.1 Å². The monoisotopic (exact) mass is 434 g/mol. The van der Waals surface area contributed by atoms with Gasteiger partial charge in [0.1, 0.15) is 12.0 Å². The fourth-order valence-corrected chi connectivity index (χ4v) is 6.46. The fraction of sp³-hybridized carbons (Fsp3) is 0.375. The summed E-state index contributed by atoms with van der Waals surface area (Å²) in [6.07, 6.45) is 0.357. The number of benzene rings is 1. The van der Waals surface area contributed by atoms with Gasteiger partial charge >= 0.3 is 5.97 Å². The van der Waals surface area contributed by atoms with E-state index >= 15 is 0 Å². The molecular formula is C24H26N2O4Si. The molecule has 160 valence electrons. The highest BCUT2D eigenvalue weighted by molar-refractivity contribution is 6.90. The van der Waals surface area contributed by atoms with Crippen LogP contribution in [0.3, 0.4) is 0 Å². The van der Waals surface area contributed by atoms with Gasteiger partial charge in [0.15, 0.2) is 0 Å². The van der Waals surface area contributed by atoms with Gasteiger partial charge in [0.05, 0.1) is 43.7 Å². The summed E-state index contributed by atoms with van der Waals surface area (Å²) in [4.78, 5) is 31.1. The first-order valence-electron chi connectivity index (χ1n) is 10.7. The highest BCUT2D eigenvalue weighted by Gasteiger charge is 2.46. The summed E-state index contributed by atoms with van der Waals surface area (Å²) < 4.78 is 7.04. The number of nitrogens with zero attached hydrogens (tertiary/aromatic N) is 2. The second kappa shape index (κ2) is 6.61. The van der Waals surface area contributed by atoms with Gasteiger partial charge in [-0.25, -0.2) is 4.98 Å². The van der Waals surface area contributed by atoms with Gasteiger partial charge in [-0.05, 0) is 29.3 Å². The largest absolute Gasteiger partial charge is 0.460 e. The Labute approximate surface area is 181 Å². The molecule has 3 aromatic rings. The standard InChI is InChI=1S/C24H26N2O4Si/c1-5-24(13-27)17-10-18-20-15(11-26(18)22(28)16(17)12-30-23(24)29)9-14-7-6-8-19(21(14)25-20)31(2,3)4/h6-10,27H,5,11-13H2,1-4H3. The van der Waals surface area contributed by atoms with Gasteiger partial charge in [0.25, 0.3) is 5.56 Å². The Hall–Kier alpha value is -2.77. The molecule has 2 aliphatic heterocycles. The minimum Gasteiger partial charge on any atom is -0.460 e. The van der Waals surface area contributed by atoms with Gasteiger partial charge < -0.3 is 14.4 Å². The number of rotatable bonds is 3. The number of fused-ring (bicyclic) bond motifs is 5. The summed E-state index contributed by atoms with van der Waals surface area (Å²) in [6, 6.07) is 10.3. The molecule has 0 aliphatic carbocycles. The van der Waals surface area contributed by atoms with Crippen LogP contribution < -0.4 is 10.7 Å². The van der Waals surface area contributed by atoms with Crippen molar-refractivity contribution in [3.8, 4) is 11.4 Å². The van der Waals surface area contributed by atoms with Crippen LogP contribution in [-0.2, 0) is 28.1 Å². The van der Waals surface area contributed by atoms with Crippen LogP contribution in [0, 0.1) is 0 Å². The Morgan fingerprint density at radius 3 is 2.68 bits per heavy atom. The number of hydrogen-bond acceptors (Lipinski definition) is 5. The molecule has 0 bridgehead atoms. The van der Waals surface area contributed by atoms with Crippen LogP contribution in [0.5, 0.6) is 0 Å². The third-order valence-electron chi connectivity index (χ3n) is 6.83. The SMILES string of the molecule is CCC1(CO)C(=O)OCc2c1cc1n(c2=O)Cc2cc3cccc([Si](C)(C)C)c3nc2-1. The second-order valence-electron chi connectivity index (χ2n) is 9.61. The van der Waals surface area contributed by atoms with E-state index in [2.05, 4.69) is 43.9 Å². The minimum atomic E-state index is -1.63. The van der Waals surface area contributed by atoms with Gasteiger partial charge in [-0.1, -0.05) is 44.8 Å². The molecule has 1 N–H and O–H groups in total. The van der Waals surface area contributed by atoms with E-state index in [1.807, 2.05) is 13.0 Å². The number of ether oxygens (including phenoxy) is 1. The first-order valence-corrected chi connectivity index (χ1v) is 14.2. The Morgan fingerprint density at radius 2 is 2.00 bits per heavy atom. The third kappa shape index (κ3) is 2.69. The Kier molecular flexibility index (Phi) is 4.30. The summed E-state index contributed by atoms with van der Waals surface area (Å²) in [5.74, 6) is -0.472. The number of carbonyl (C=O) groups is 1. The number of esters is 1. The summed E-state index contributed by atoms with van der Waals surface area (Å²) >= 11 is 0. The highest BCUT2D eigenvalue weighted by Crippen LogP contribution is 2.39. The summed E-state index contributed by atoms with van der Waals surface area (Å²) in [5, 5.41) is 12.5. The summed E-state index contributed by atoms with van der Waals surface area (Å²) in [7, 11) is -1.63. The Bertz CT molecular complexity index is 1320. The number of hydrogen-bond donors (Lipinski definition) is 1. The van der Waals surface area contributed by atoms with Crippen LogP contribution in [0.15, 0.2) is 35.1 Å². The number of para-hydroxylation sites is 1. The Balaban J connectivity index is 1.81. The van der Waals surface area contributed by atoms with E-state index in [1.54, 1.807) is 4.57 Å². The van der Waals surface area contributed by atoms with Gasteiger partial charge in [-0.2, -0.15) is 0 Å². The molecule has 0 amide bonds. The van der Waals surface area contributed by atoms with E-state index in [0.717, 1.165) is 22.2 Å². The lowest BCUT2D eigenvalue weighted by atomic mass is 9.75. The lowest BCUT2D eigenvalue weighted by Gasteiger charge is -2.34. The number of pyridine rings is 2. The summed E-state index contributed by atoms with van der Waals surface area (Å²) in [6.45, 7) is 8.73. The van der Waals surface area contributed by atoms with Crippen LogP contribution in [0.2, 0.25) is 19.6 Å². The molecule has 7 heteroatoms. The molecule has 0 radical (unpaired) electrons. The fourth-order valence-electron chi connectivity index (χ4n) is 4.95. The van der Waals surface area contributed by atoms with E-state index in [9.17, 15) is 14.7 Å². The molecule has 0 saturated heterocycles. The summed E-state index contributed by atoms with van der Waals surface area (Å²) in [5.41, 5.74) is 3.16. The van der Waals surface area contributed by atoms with Crippen LogP contribution in [0.1, 0.15) is 30.0 Å². The van der Waals surface area contributed by atoms with E-state index in [1.165, 1.54) is 5.19 Å². The minimum absolute atomic E-state index is 0.0550. The van der Waals surface area contributed by atoms with Crippen molar-refractivity contribution in [1.82, 2.24) is 9.55 Å². The van der Waals surface area contributed by atoms with Crippen molar-refractivity contribution in [1.29, 1.82) is 0 Å². The number of aliphatic hydroxyl groups excluding tert-OH is 1. The smallest absolute Gasteiger partial charge is 0.319 e. The molecule has 0 fully saturated rings. The molecule has 31 heavy (non-hydrogen) atoms. The average Bonchev–Trinajstić information content (AvgIpc) is 3.09. The zero-order valence-electron chi connectivity index (χ0n) is 18.3. The molecule has 1 unspecified atom stereocenters. The zero-order chi connectivity index (χ0) is 22.1. The van der Waals surface area contributed by atoms with Crippen molar-refractivity contribution in [3.05, 3.63) is 57.4 Å². The molecule has 0 saturated carbocycles. The molecule has 2 aromatic heterocycles. The Morgan fingerprint density at radius 1 is 1.23 bits per heavy atom. The van der Waals surface area contributed by atoms with Gasteiger partial charge in [0.2, 0.25) is 0 Å². The maximum atomic E-state index is 13.4. The molecule has 0 spiro atoms. The number of carbonyl (C=O) groups excluding carboxylic acids is 1. The first kappa shape index (κ1) is 20.1. The second-order valence-corrected chi connectivity index (χ2v) is 14.6. The third-order valence-corrected chi connectivity index (χ3v) is 8.85. The molecule has 6 nitrogen and oxygen atoms in total. The van der Waals surface area contributed by atoms with Crippen LogP contribution in [0.25, 0.3) is 22.3 Å². The van der Waals surface area contributed by atoms with Gasteiger partial charge in [0, 0.05) is 10.9 Å². The maximum absolute atomic E-state index is 13.4. The molecule has 5 rings (SSSR count). The van der Waals surface area contributed by atoms with E-state index in [4.69, 9.17) is 9.72 Å². The van der Waals surface area contributed by atoms with Gasteiger partial charge in [-0.3, -0.25) is 9.59 Å². The van der Waals surface area contributed by atoms with Crippen molar-refractivity contribution in [2.24, 2.45) is 0 Å². The average molecular weight is 435 g/mol. The van der Waals surface area contributed by atoms with Crippen molar-refractivity contribution >= 4 is 30.1 Å². The first-order chi connectivity index (χ1) is 14.7. The molecular weight excluding hydrogens is 408 g/mol. The molecule has 4 heterocycles. The molecule has 1 atom stereocenters. The van der Waals surface area contributed by atoms with Crippen molar-refractivity contribution < 1.29 is 14.6 Å². The normalized spacial score (nSPS) is 19.7. The van der Waals surface area contributed by atoms with Gasteiger partial charge in [-0.15, -0.1) is 0 Å². The van der Waals surface area contributed by atoms with E-state index in [0.29, 0.717) is 29.8 Å². The number of cyclic esters (lactones) is 1. The van der Waals surface area contributed by atoms with Crippen molar-refractivity contribution in [3.63, 3.8) is 0 Å². The van der Waals surface area contributed by atoms with Crippen molar-refractivity contribution in [2.45, 2.75) is 51.6 Å². The molecule has 2 aliphatic rings. The van der Waals surface area contributed by atoms with Crippen molar-refractivity contribution in [2.75, 3.05) is 6.61 Å². The van der Waals surface area contributed by atoms with Crippen LogP contribution in [0.4, 0.5) is 0 Å². The predicted octanol–water partition coefficient (Wildman–Crippen LogP) is 2.67. The zero-order valence-corrected chi connectivity index (χ0v) is 19.3. The number of aliphatic hydroxyl groups is 1. The lowest BCUT2D eigenvalue weighted by Crippen LogP contribution is -2.47. The van der Waals surface area contributed by atoms with Crippen LogP contribution >= 0.6 is 0 Å².